The van der Waals surface area contributed by atoms with E-state index in [4.69, 9.17) is 18.9 Å². The first-order valence-corrected chi connectivity index (χ1v) is 7.31. The molecule has 0 aliphatic heterocycles. The standard InChI is InChI=1S/C16H27NO4/c1-17-13-15-4-3-5-16(12-15)14-21-11-10-20-9-8-19-7-6-18-2/h3-5,12,17H,6-11,13-14H2,1-2H3. The second-order valence-corrected chi connectivity index (χ2v) is 4.62. The zero-order valence-corrected chi connectivity index (χ0v) is 13.1. The van der Waals surface area contributed by atoms with E-state index in [-0.39, 0.29) is 0 Å². The fraction of sp³-hybridized carbons (Fsp3) is 0.625. The highest BCUT2D eigenvalue weighted by atomic mass is 16.6. The molecule has 5 heteroatoms. The van der Waals surface area contributed by atoms with Crippen molar-refractivity contribution in [2.24, 2.45) is 0 Å². The number of rotatable bonds is 13. The first-order valence-electron chi connectivity index (χ1n) is 7.31. The first-order chi connectivity index (χ1) is 10.4. The second-order valence-electron chi connectivity index (χ2n) is 4.62. The predicted molar refractivity (Wildman–Crippen MR) is 82.4 cm³/mol. The quantitative estimate of drug-likeness (QED) is 0.561. The summed E-state index contributed by atoms with van der Waals surface area (Å²) in [5.74, 6) is 0. The molecular weight excluding hydrogens is 270 g/mol. The molecule has 21 heavy (non-hydrogen) atoms. The Hall–Kier alpha value is -0.980. The third kappa shape index (κ3) is 9.55. The summed E-state index contributed by atoms with van der Waals surface area (Å²) in [6.07, 6.45) is 0. The lowest BCUT2D eigenvalue weighted by atomic mass is 10.1. The van der Waals surface area contributed by atoms with Gasteiger partial charge in [-0.1, -0.05) is 24.3 Å². The van der Waals surface area contributed by atoms with E-state index in [0.717, 1.165) is 6.54 Å². The molecule has 0 aliphatic carbocycles. The molecule has 0 saturated heterocycles. The summed E-state index contributed by atoms with van der Waals surface area (Å²) in [7, 11) is 3.60. The van der Waals surface area contributed by atoms with Gasteiger partial charge in [0.15, 0.2) is 0 Å². The minimum atomic E-state index is 0.587. The smallest absolute Gasteiger partial charge is 0.0718 e. The Morgan fingerprint density at radius 3 is 2.14 bits per heavy atom. The van der Waals surface area contributed by atoms with E-state index in [1.165, 1.54) is 11.1 Å². The van der Waals surface area contributed by atoms with Crippen molar-refractivity contribution in [2.75, 3.05) is 53.8 Å². The van der Waals surface area contributed by atoms with Crippen LogP contribution in [-0.4, -0.2) is 53.8 Å². The Kier molecular flexibility index (Phi) is 11.0. The van der Waals surface area contributed by atoms with Gasteiger partial charge in [-0.05, 0) is 18.2 Å². The van der Waals surface area contributed by atoms with Crippen LogP contribution in [0.2, 0.25) is 0 Å². The van der Waals surface area contributed by atoms with Crippen molar-refractivity contribution >= 4 is 0 Å². The average Bonchev–Trinajstić information content (AvgIpc) is 2.50. The van der Waals surface area contributed by atoms with Crippen molar-refractivity contribution in [1.29, 1.82) is 0 Å². The van der Waals surface area contributed by atoms with Gasteiger partial charge in [-0.3, -0.25) is 0 Å². The maximum atomic E-state index is 5.59. The summed E-state index contributed by atoms with van der Waals surface area (Å²) in [5, 5.41) is 3.14. The van der Waals surface area contributed by atoms with Crippen molar-refractivity contribution in [3.8, 4) is 0 Å². The highest BCUT2D eigenvalue weighted by Crippen LogP contribution is 2.06. The minimum absolute atomic E-state index is 0.587. The lowest BCUT2D eigenvalue weighted by molar-refractivity contribution is 0.000862. The molecule has 0 radical (unpaired) electrons. The Labute approximate surface area is 127 Å². The molecule has 120 valence electrons. The highest BCUT2D eigenvalue weighted by Gasteiger charge is 1.96. The van der Waals surface area contributed by atoms with Gasteiger partial charge in [-0.15, -0.1) is 0 Å². The molecule has 1 rings (SSSR count). The molecule has 5 nitrogen and oxygen atoms in total. The van der Waals surface area contributed by atoms with Gasteiger partial charge in [-0.25, -0.2) is 0 Å². The minimum Gasteiger partial charge on any atom is -0.382 e. The zero-order valence-electron chi connectivity index (χ0n) is 13.1. The van der Waals surface area contributed by atoms with E-state index >= 15 is 0 Å². The van der Waals surface area contributed by atoms with Gasteiger partial charge >= 0.3 is 0 Å². The molecule has 0 unspecified atom stereocenters. The lowest BCUT2D eigenvalue weighted by Crippen LogP contribution is -2.11. The number of benzene rings is 1. The zero-order chi connectivity index (χ0) is 15.2. The fourth-order valence-electron chi connectivity index (χ4n) is 1.81. The molecule has 0 bridgehead atoms. The number of methoxy groups -OCH3 is 1. The third-order valence-corrected chi connectivity index (χ3v) is 2.82. The second kappa shape index (κ2) is 12.7. The van der Waals surface area contributed by atoms with E-state index in [9.17, 15) is 0 Å². The van der Waals surface area contributed by atoms with Crippen LogP contribution in [0.15, 0.2) is 24.3 Å². The Balaban J connectivity index is 1.97. The van der Waals surface area contributed by atoms with Crippen LogP contribution >= 0.6 is 0 Å². The van der Waals surface area contributed by atoms with E-state index < -0.39 is 0 Å². The maximum absolute atomic E-state index is 5.59. The van der Waals surface area contributed by atoms with Gasteiger partial charge < -0.3 is 24.3 Å². The average molecular weight is 297 g/mol. The number of ether oxygens (including phenoxy) is 4. The van der Waals surface area contributed by atoms with Crippen LogP contribution in [0.4, 0.5) is 0 Å². The molecule has 0 heterocycles. The van der Waals surface area contributed by atoms with Gasteiger partial charge in [0.2, 0.25) is 0 Å². The summed E-state index contributed by atoms with van der Waals surface area (Å²) < 4.78 is 21.2. The van der Waals surface area contributed by atoms with Crippen molar-refractivity contribution in [2.45, 2.75) is 13.2 Å². The van der Waals surface area contributed by atoms with Crippen LogP contribution < -0.4 is 5.32 Å². The Morgan fingerprint density at radius 1 is 0.857 bits per heavy atom. The van der Waals surface area contributed by atoms with Gasteiger partial charge in [0, 0.05) is 13.7 Å². The monoisotopic (exact) mass is 297 g/mol. The summed E-state index contributed by atoms with van der Waals surface area (Å²) in [6, 6.07) is 8.39. The van der Waals surface area contributed by atoms with E-state index in [0.29, 0.717) is 46.2 Å². The largest absolute Gasteiger partial charge is 0.382 e. The SMILES string of the molecule is CNCc1cccc(COCCOCCOCCOC)c1. The fourth-order valence-corrected chi connectivity index (χ4v) is 1.81. The van der Waals surface area contributed by atoms with Crippen molar-refractivity contribution in [3.63, 3.8) is 0 Å². The van der Waals surface area contributed by atoms with Gasteiger partial charge in [-0.2, -0.15) is 0 Å². The van der Waals surface area contributed by atoms with Crippen molar-refractivity contribution in [1.82, 2.24) is 5.32 Å². The Bertz CT molecular complexity index is 360. The van der Waals surface area contributed by atoms with Crippen LogP contribution in [0.5, 0.6) is 0 Å². The summed E-state index contributed by atoms with van der Waals surface area (Å²) in [4.78, 5) is 0. The molecular formula is C16H27NO4. The van der Waals surface area contributed by atoms with Crippen LogP contribution in [-0.2, 0) is 32.1 Å². The van der Waals surface area contributed by atoms with Crippen LogP contribution in [0, 0.1) is 0 Å². The topological polar surface area (TPSA) is 49.0 Å². The van der Waals surface area contributed by atoms with E-state index in [2.05, 4.69) is 29.6 Å². The highest BCUT2D eigenvalue weighted by molar-refractivity contribution is 5.22. The van der Waals surface area contributed by atoms with Gasteiger partial charge in [0.05, 0.1) is 46.2 Å². The molecule has 0 spiro atoms. The Morgan fingerprint density at radius 2 is 1.48 bits per heavy atom. The van der Waals surface area contributed by atoms with Crippen molar-refractivity contribution in [3.05, 3.63) is 35.4 Å². The summed E-state index contributed by atoms with van der Waals surface area (Å²) in [6.45, 7) is 5.08. The summed E-state index contributed by atoms with van der Waals surface area (Å²) >= 11 is 0. The summed E-state index contributed by atoms with van der Waals surface area (Å²) in [5.41, 5.74) is 2.45. The molecule has 1 N–H and O–H groups in total. The molecule has 1 aromatic carbocycles. The number of nitrogens with one attached hydrogen (secondary N) is 1. The molecule has 1 aromatic rings. The normalized spacial score (nSPS) is 11.0. The van der Waals surface area contributed by atoms with Gasteiger partial charge in [0.25, 0.3) is 0 Å². The van der Waals surface area contributed by atoms with E-state index in [1.807, 2.05) is 7.05 Å². The van der Waals surface area contributed by atoms with E-state index in [1.54, 1.807) is 7.11 Å². The van der Waals surface area contributed by atoms with Crippen LogP contribution in [0.1, 0.15) is 11.1 Å². The van der Waals surface area contributed by atoms with Crippen LogP contribution in [0.3, 0.4) is 0 Å². The molecule has 0 aliphatic rings. The molecule has 0 fully saturated rings. The lowest BCUT2D eigenvalue weighted by Gasteiger charge is -2.08. The predicted octanol–water partition coefficient (Wildman–Crippen LogP) is 1.60. The van der Waals surface area contributed by atoms with Crippen molar-refractivity contribution < 1.29 is 18.9 Å². The molecule has 0 saturated carbocycles. The first kappa shape index (κ1) is 18.1. The number of hydrogen-bond donors (Lipinski definition) is 1. The van der Waals surface area contributed by atoms with Crippen LogP contribution in [0.25, 0.3) is 0 Å². The molecule has 0 aromatic heterocycles. The number of hydrogen-bond acceptors (Lipinski definition) is 5. The maximum Gasteiger partial charge on any atom is 0.0718 e. The molecule has 0 atom stereocenters. The molecule has 0 amide bonds. The third-order valence-electron chi connectivity index (χ3n) is 2.82. The van der Waals surface area contributed by atoms with Gasteiger partial charge in [0.1, 0.15) is 0 Å².